The van der Waals surface area contributed by atoms with Crippen LogP contribution in [-0.4, -0.2) is 22.9 Å². The number of nitrogens with one attached hydrogen (secondary N) is 1. The molecule has 1 aromatic carbocycles. The van der Waals surface area contributed by atoms with Gasteiger partial charge in [-0.2, -0.15) is 5.10 Å². The molecule has 3 rings (SSSR count). The third kappa shape index (κ3) is 2.04. The monoisotopic (exact) mass is 261 g/mol. The molecule has 0 aliphatic carbocycles. The van der Waals surface area contributed by atoms with Crippen LogP contribution in [0.15, 0.2) is 30.6 Å². The standard InChI is InChI=1S/C14H16ClN3/c1-10-13(3-2-4-14(10)15)11-7-17-18(9-11)12-5-6-16-8-12/h2-4,7,9,12,16H,5-6,8H2,1H3. The Morgan fingerprint density at radius 3 is 3.11 bits per heavy atom. The Morgan fingerprint density at radius 1 is 1.44 bits per heavy atom. The summed E-state index contributed by atoms with van der Waals surface area (Å²) in [5.41, 5.74) is 3.42. The largest absolute Gasteiger partial charge is 0.315 e. The molecular weight excluding hydrogens is 246 g/mol. The first kappa shape index (κ1) is 11.8. The molecule has 0 amide bonds. The van der Waals surface area contributed by atoms with Gasteiger partial charge in [0.15, 0.2) is 0 Å². The first-order chi connectivity index (χ1) is 8.75. The summed E-state index contributed by atoms with van der Waals surface area (Å²) in [6.45, 7) is 4.14. The Hall–Kier alpha value is -1.32. The van der Waals surface area contributed by atoms with Gasteiger partial charge in [-0.3, -0.25) is 4.68 Å². The van der Waals surface area contributed by atoms with Gasteiger partial charge in [-0.15, -0.1) is 0 Å². The fourth-order valence-corrected chi connectivity index (χ4v) is 2.64. The van der Waals surface area contributed by atoms with Gasteiger partial charge in [-0.1, -0.05) is 23.7 Å². The van der Waals surface area contributed by atoms with E-state index in [9.17, 15) is 0 Å². The van der Waals surface area contributed by atoms with Crippen LogP contribution in [-0.2, 0) is 0 Å². The van der Waals surface area contributed by atoms with Crippen molar-refractivity contribution < 1.29 is 0 Å². The van der Waals surface area contributed by atoms with E-state index in [1.165, 1.54) is 5.56 Å². The summed E-state index contributed by atoms with van der Waals surface area (Å²) in [6, 6.07) is 6.48. The minimum Gasteiger partial charge on any atom is -0.315 e. The molecule has 1 aliphatic heterocycles. The lowest BCUT2D eigenvalue weighted by molar-refractivity contribution is 0.491. The molecule has 18 heavy (non-hydrogen) atoms. The third-order valence-corrected chi connectivity index (χ3v) is 4.00. The van der Waals surface area contributed by atoms with E-state index in [-0.39, 0.29) is 0 Å². The molecule has 2 aromatic rings. The molecule has 94 valence electrons. The number of aromatic nitrogens is 2. The van der Waals surface area contributed by atoms with Crippen molar-refractivity contribution in [3.05, 3.63) is 41.2 Å². The average molecular weight is 262 g/mol. The first-order valence-corrected chi connectivity index (χ1v) is 6.64. The number of hydrogen-bond donors (Lipinski definition) is 1. The van der Waals surface area contributed by atoms with Crippen LogP contribution in [0.4, 0.5) is 0 Å². The van der Waals surface area contributed by atoms with Crippen LogP contribution in [0.5, 0.6) is 0 Å². The summed E-state index contributed by atoms with van der Waals surface area (Å²) in [4.78, 5) is 0. The lowest BCUT2D eigenvalue weighted by Gasteiger charge is -2.08. The van der Waals surface area contributed by atoms with Gasteiger partial charge in [-0.25, -0.2) is 0 Å². The number of halogens is 1. The summed E-state index contributed by atoms with van der Waals surface area (Å²) in [5.74, 6) is 0. The Morgan fingerprint density at radius 2 is 2.33 bits per heavy atom. The number of benzene rings is 1. The molecule has 1 N–H and O–H groups in total. The summed E-state index contributed by atoms with van der Waals surface area (Å²) in [7, 11) is 0. The van der Waals surface area contributed by atoms with Gasteiger partial charge in [0.1, 0.15) is 0 Å². The summed E-state index contributed by atoms with van der Waals surface area (Å²) in [6.07, 6.45) is 5.20. The van der Waals surface area contributed by atoms with Crippen molar-refractivity contribution >= 4 is 11.6 Å². The predicted octanol–water partition coefficient (Wildman–Crippen LogP) is 3.05. The summed E-state index contributed by atoms with van der Waals surface area (Å²) < 4.78 is 2.07. The minimum absolute atomic E-state index is 0.484. The Labute approximate surface area is 112 Å². The van der Waals surface area contributed by atoms with Crippen molar-refractivity contribution in [1.29, 1.82) is 0 Å². The van der Waals surface area contributed by atoms with E-state index >= 15 is 0 Å². The maximum absolute atomic E-state index is 6.16. The van der Waals surface area contributed by atoms with Crippen molar-refractivity contribution in [1.82, 2.24) is 15.1 Å². The van der Waals surface area contributed by atoms with Crippen LogP contribution < -0.4 is 5.32 Å². The van der Waals surface area contributed by atoms with E-state index in [1.54, 1.807) is 0 Å². The maximum Gasteiger partial charge on any atom is 0.0655 e. The SMILES string of the molecule is Cc1c(Cl)cccc1-c1cnn(C2CCNC2)c1. The molecule has 0 bridgehead atoms. The molecule has 1 saturated heterocycles. The highest BCUT2D eigenvalue weighted by molar-refractivity contribution is 6.31. The molecule has 0 radical (unpaired) electrons. The number of rotatable bonds is 2. The van der Waals surface area contributed by atoms with Crippen molar-refractivity contribution in [2.45, 2.75) is 19.4 Å². The van der Waals surface area contributed by atoms with Gasteiger partial charge in [-0.05, 0) is 37.1 Å². The van der Waals surface area contributed by atoms with Gasteiger partial charge in [0.05, 0.1) is 12.2 Å². The average Bonchev–Trinajstić information content (AvgIpc) is 3.01. The quantitative estimate of drug-likeness (QED) is 0.901. The van der Waals surface area contributed by atoms with Crippen molar-refractivity contribution in [2.24, 2.45) is 0 Å². The second-order valence-corrected chi connectivity index (χ2v) is 5.18. The first-order valence-electron chi connectivity index (χ1n) is 6.26. The number of nitrogens with zero attached hydrogens (tertiary/aromatic N) is 2. The zero-order valence-corrected chi connectivity index (χ0v) is 11.1. The highest BCUT2D eigenvalue weighted by Crippen LogP contribution is 2.28. The highest BCUT2D eigenvalue weighted by atomic mass is 35.5. The lowest BCUT2D eigenvalue weighted by atomic mass is 10.0. The van der Waals surface area contributed by atoms with Crippen LogP contribution >= 0.6 is 11.6 Å². The highest BCUT2D eigenvalue weighted by Gasteiger charge is 2.17. The Kier molecular flexibility index (Phi) is 3.10. The fourth-order valence-electron chi connectivity index (χ4n) is 2.46. The molecule has 0 saturated carbocycles. The fraction of sp³-hybridized carbons (Fsp3) is 0.357. The lowest BCUT2D eigenvalue weighted by Crippen LogP contribution is -2.13. The van der Waals surface area contributed by atoms with E-state index in [1.807, 2.05) is 25.3 Å². The van der Waals surface area contributed by atoms with Crippen molar-refractivity contribution in [3.8, 4) is 11.1 Å². The van der Waals surface area contributed by atoms with Crippen molar-refractivity contribution in [2.75, 3.05) is 13.1 Å². The van der Waals surface area contributed by atoms with Gasteiger partial charge >= 0.3 is 0 Å². The molecule has 1 fully saturated rings. The molecule has 1 aliphatic rings. The predicted molar refractivity (Wildman–Crippen MR) is 73.9 cm³/mol. The second-order valence-electron chi connectivity index (χ2n) is 4.77. The molecule has 1 aromatic heterocycles. The van der Waals surface area contributed by atoms with E-state index < -0.39 is 0 Å². The molecule has 2 heterocycles. The summed E-state index contributed by atoms with van der Waals surface area (Å²) in [5, 5.41) is 8.65. The smallest absolute Gasteiger partial charge is 0.0655 e. The van der Waals surface area contributed by atoms with Crippen LogP contribution in [0.3, 0.4) is 0 Å². The van der Waals surface area contributed by atoms with Gasteiger partial charge < -0.3 is 5.32 Å². The normalized spacial score (nSPS) is 19.3. The molecule has 1 atom stereocenters. The molecule has 3 nitrogen and oxygen atoms in total. The molecule has 1 unspecified atom stereocenters. The Bertz CT molecular complexity index is 556. The maximum atomic E-state index is 6.16. The van der Waals surface area contributed by atoms with E-state index in [2.05, 4.69) is 27.4 Å². The number of hydrogen-bond acceptors (Lipinski definition) is 2. The summed E-state index contributed by atoms with van der Waals surface area (Å²) >= 11 is 6.16. The van der Waals surface area contributed by atoms with Gasteiger partial charge in [0.25, 0.3) is 0 Å². The van der Waals surface area contributed by atoms with Crippen LogP contribution in [0, 0.1) is 6.92 Å². The van der Waals surface area contributed by atoms with E-state index in [4.69, 9.17) is 11.6 Å². The van der Waals surface area contributed by atoms with Crippen LogP contribution in [0.2, 0.25) is 5.02 Å². The van der Waals surface area contributed by atoms with E-state index in [0.717, 1.165) is 35.7 Å². The van der Waals surface area contributed by atoms with Crippen LogP contribution in [0.25, 0.3) is 11.1 Å². The molecule has 4 heteroatoms. The van der Waals surface area contributed by atoms with Crippen LogP contribution in [0.1, 0.15) is 18.0 Å². The molecular formula is C14H16ClN3. The minimum atomic E-state index is 0.484. The van der Waals surface area contributed by atoms with Crippen molar-refractivity contribution in [3.63, 3.8) is 0 Å². The van der Waals surface area contributed by atoms with Gasteiger partial charge in [0.2, 0.25) is 0 Å². The third-order valence-electron chi connectivity index (χ3n) is 3.59. The van der Waals surface area contributed by atoms with E-state index in [0.29, 0.717) is 6.04 Å². The zero-order chi connectivity index (χ0) is 12.5. The zero-order valence-electron chi connectivity index (χ0n) is 10.4. The second kappa shape index (κ2) is 4.75. The topological polar surface area (TPSA) is 29.9 Å². The Balaban J connectivity index is 1.95. The molecule has 0 spiro atoms. The van der Waals surface area contributed by atoms with Gasteiger partial charge in [0, 0.05) is 23.3 Å².